The molecule has 1 nitrogen and oxygen atoms in total. The summed E-state index contributed by atoms with van der Waals surface area (Å²) in [6.07, 6.45) is 0. The van der Waals surface area contributed by atoms with Crippen LogP contribution < -0.4 is 4.57 Å². The van der Waals surface area contributed by atoms with Gasteiger partial charge in [-0.25, -0.2) is 0 Å². The average molecular weight is 359 g/mol. The van der Waals surface area contributed by atoms with Crippen molar-refractivity contribution in [2.75, 3.05) is 0 Å². The molecule has 0 N–H and O–H groups in total. The van der Waals surface area contributed by atoms with Crippen LogP contribution >= 0.6 is 11.6 Å². The van der Waals surface area contributed by atoms with Crippen molar-refractivity contribution in [3.63, 3.8) is 0 Å². The van der Waals surface area contributed by atoms with Gasteiger partial charge in [0, 0.05) is 11.6 Å². The van der Waals surface area contributed by atoms with E-state index >= 15 is 0 Å². The third kappa shape index (κ3) is 2.89. The topological polar surface area (TPSA) is 3.88 Å². The summed E-state index contributed by atoms with van der Waals surface area (Å²) >= 11 is 6.73. The van der Waals surface area contributed by atoms with E-state index in [0.717, 1.165) is 21.8 Å². The molecule has 0 aliphatic heterocycles. The molecule has 0 spiro atoms. The summed E-state index contributed by atoms with van der Waals surface area (Å²) in [5.74, 6) is 0. The molecule has 2 heteroatoms. The lowest BCUT2D eigenvalue weighted by atomic mass is 9.99. The number of benzene rings is 3. The van der Waals surface area contributed by atoms with Crippen molar-refractivity contribution in [1.82, 2.24) is 0 Å². The van der Waals surface area contributed by atoms with Gasteiger partial charge < -0.3 is 0 Å². The van der Waals surface area contributed by atoms with E-state index in [1.807, 2.05) is 13.1 Å². The molecular weight excluding hydrogens is 338 g/mol. The zero-order chi connectivity index (χ0) is 18.3. The Morgan fingerprint density at radius 2 is 1.35 bits per heavy atom. The molecule has 0 radical (unpaired) electrons. The van der Waals surface area contributed by atoms with Crippen LogP contribution in [0.4, 0.5) is 0 Å². The van der Waals surface area contributed by atoms with Gasteiger partial charge in [0.2, 0.25) is 5.69 Å². The molecule has 4 rings (SSSR count). The quantitative estimate of drug-likeness (QED) is 0.294. The van der Waals surface area contributed by atoms with Crippen molar-refractivity contribution in [2.24, 2.45) is 7.05 Å². The van der Waals surface area contributed by atoms with Gasteiger partial charge in [-0.15, -0.1) is 0 Å². The Balaban J connectivity index is 1.92. The number of halogens is 1. The second-order valence-corrected chi connectivity index (χ2v) is 7.21. The molecule has 0 aliphatic carbocycles. The van der Waals surface area contributed by atoms with E-state index in [1.54, 1.807) is 0 Å². The number of pyridine rings is 1. The summed E-state index contributed by atoms with van der Waals surface area (Å²) in [6, 6.07) is 25.7. The van der Waals surface area contributed by atoms with Gasteiger partial charge in [0.25, 0.3) is 5.15 Å². The maximum atomic E-state index is 6.73. The number of aromatic nitrogens is 1. The maximum Gasteiger partial charge on any atom is 0.283 e. The van der Waals surface area contributed by atoms with Crippen LogP contribution in [0, 0.1) is 13.8 Å². The highest BCUT2D eigenvalue weighted by atomic mass is 35.5. The first-order chi connectivity index (χ1) is 12.5. The molecule has 26 heavy (non-hydrogen) atoms. The van der Waals surface area contributed by atoms with E-state index < -0.39 is 0 Å². The molecule has 1 heterocycles. The number of nitrogens with zero attached hydrogens (tertiary/aromatic N) is 1. The molecule has 0 aliphatic rings. The van der Waals surface area contributed by atoms with Crippen LogP contribution in [-0.4, -0.2) is 0 Å². The van der Waals surface area contributed by atoms with Crippen LogP contribution in [0.2, 0.25) is 5.15 Å². The third-order valence-electron chi connectivity index (χ3n) is 5.10. The fraction of sp³-hybridized carbons (Fsp3) is 0.125. The van der Waals surface area contributed by atoms with Crippen molar-refractivity contribution >= 4 is 22.4 Å². The zero-order valence-corrected chi connectivity index (χ0v) is 16.0. The van der Waals surface area contributed by atoms with Crippen LogP contribution in [-0.2, 0) is 7.05 Å². The average Bonchev–Trinajstić information content (AvgIpc) is 2.67. The van der Waals surface area contributed by atoms with Crippen LogP contribution in [0.15, 0.2) is 72.8 Å². The second-order valence-electron chi connectivity index (χ2n) is 6.85. The molecule has 128 valence electrons. The number of rotatable bonds is 2. The Morgan fingerprint density at radius 1 is 0.692 bits per heavy atom. The van der Waals surface area contributed by atoms with Crippen LogP contribution in [0.25, 0.3) is 33.2 Å². The number of aryl methyl sites for hydroxylation is 2. The number of hydrogen-bond donors (Lipinski definition) is 0. The van der Waals surface area contributed by atoms with Gasteiger partial charge in [0.1, 0.15) is 7.05 Å². The fourth-order valence-corrected chi connectivity index (χ4v) is 3.69. The zero-order valence-electron chi connectivity index (χ0n) is 15.3. The van der Waals surface area contributed by atoms with Crippen molar-refractivity contribution in [3.05, 3.63) is 89.1 Å². The highest BCUT2D eigenvalue weighted by Gasteiger charge is 2.19. The molecule has 0 bridgehead atoms. The van der Waals surface area contributed by atoms with Crippen LogP contribution in [0.3, 0.4) is 0 Å². The molecular formula is C24H21ClN+. The minimum atomic E-state index is 0.769. The van der Waals surface area contributed by atoms with Crippen molar-refractivity contribution in [1.29, 1.82) is 0 Å². The molecule has 0 saturated carbocycles. The maximum absolute atomic E-state index is 6.73. The number of fused-ring (bicyclic) bond motifs is 1. The lowest BCUT2D eigenvalue weighted by Gasteiger charge is -2.09. The summed E-state index contributed by atoms with van der Waals surface area (Å²) in [4.78, 5) is 0. The molecule has 4 aromatic rings. The molecule has 0 atom stereocenters. The highest BCUT2D eigenvalue weighted by molar-refractivity contribution is 6.33. The summed E-state index contributed by atoms with van der Waals surface area (Å²) in [5, 5.41) is 3.04. The van der Waals surface area contributed by atoms with E-state index in [9.17, 15) is 0 Å². The predicted molar refractivity (Wildman–Crippen MR) is 110 cm³/mol. The normalized spacial score (nSPS) is 11.1. The van der Waals surface area contributed by atoms with E-state index in [2.05, 4.69) is 85.1 Å². The van der Waals surface area contributed by atoms with Crippen molar-refractivity contribution in [2.45, 2.75) is 13.8 Å². The molecule has 0 amide bonds. The third-order valence-corrected chi connectivity index (χ3v) is 5.56. The van der Waals surface area contributed by atoms with Gasteiger partial charge in [-0.3, -0.25) is 0 Å². The Bertz CT molecular complexity index is 1110. The molecule has 3 aromatic carbocycles. The summed E-state index contributed by atoms with van der Waals surface area (Å²) < 4.78 is 2.07. The predicted octanol–water partition coefficient (Wildman–Crippen LogP) is 6.27. The van der Waals surface area contributed by atoms with E-state index in [0.29, 0.717) is 0 Å². The standard InChI is InChI=1S/C24H21ClN/c1-16-12-21-15-23(26(3)24(25)22(21)13-17(16)2)20-11-7-10-19(14-20)18-8-5-4-6-9-18/h4-15H,1-3H3/q+1. The largest absolute Gasteiger partial charge is 0.283 e. The van der Waals surface area contributed by atoms with Gasteiger partial charge in [-0.1, -0.05) is 48.5 Å². The van der Waals surface area contributed by atoms with E-state index in [-0.39, 0.29) is 0 Å². The number of hydrogen-bond acceptors (Lipinski definition) is 0. The monoisotopic (exact) mass is 358 g/mol. The SMILES string of the molecule is Cc1cc2cc(-c3cccc(-c4ccccc4)c3)[n+](C)c(Cl)c2cc1C. The lowest BCUT2D eigenvalue weighted by molar-refractivity contribution is -0.656. The molecule has 1 aromatic heterocycles. The smallest absolute Gasteiger partial charge is 0.184 e. The van der Waals surface area contributed by atoms with Crippen molar-refractivity contribution in [3.8, 4) is 22.4 Å². The summed E-state index contributed by atoms with van der Waals surface area (Å²) in [6.45, 7) is 4.27. The Hall–Kier alpha value is -2.64. The van der Waals surface area contributed by atoms with Gasteiger partial charge in [-0.05, 0) is 71.3 Å². The molecule has 0 fully saturated rings. The van der Waals surface area contributed by atoms with Crippen LogP contribution in [0.1, 0.15) is 11.1 Å². The highest BCUT2D eigenvalue weighted by Crippen LogP contribution is 2.30. The summed E-state index contributed by atoms with van der Waals surface area (Å²) in [7, 11) is 2.03. The molecule has 0 unspecified atom stereocenters. The van der Waals surface area contributed by atoms with Gasteiger partial charge in [0.15, 0.2) is 0 Å². The molecule has 0 saturated heterocycles. The minimum absolute atomic E-state index is 0.769. The minimum Gasteiger partial charge on any atom is -0.184 e. The van der Waals surface area contributed by atoms with Gasteiger partial charge >= 0.3 is 0 Å². The van der Waals surface area contributed by atoms with Crippen molar-refractivity contribution < 1.29 is 4.57 Å². The van der Waals surface area contributed by atoms with E-state index in [4.69, 9.17) is 11.6 Å². The fourth-order valence-electron chi connectivity index (χ4n) is 3.43. The van der Waals surface area contributed by atoms with Crippen LogP contribution in [0.5, 0.6) is 0 Å². The van der Waals surface area contributed by atoms with Gasteiger partial charge in [0.05, 0.1) is 5.39 Å². The first-order valence-corrected chi connectivity index (χ1v) is 9.18. The second kappa shape index (κ2) is 6.59. The van der Waals surface area contributed by atoms with Gasteiger partial charge in [-0.2, -0.15) is 4.57 Å². The Morgan fingerprint density at radius 3 is 2.12 bits per heavy atom. The van der Waals surface area contributed by atoms with E-state index in [1.165, 1.54) is 27.6 Å². The Labute approximate surface area is 159 Å². The lowest BCUT2D eigenvalue weighted by Crippen LogP contribution is -2.32. The summed E-state index contributed by atoms with van der Waals surface area (Å²) in [5.41, 5.74) is 7.25. The Kier molecular flexibility index (Phi) is 4.26. The first kappa shape index (κ1) is 16.8. The first-order valence-electron chi connectivity index (χ1n) is 8.80.